The third kappa shape index (κ3) is 5.73. The Balaban J connectivity index is 1.88. The molecular formula is C20H31N3O3. The van der Waals surface area contributed by atoms with Crippen LogP contribution in [0, 0.1) is 5.92 Å². The lowest BCUT2D eigenvalue weighted by Gasteiger charge is -2.33. The maximum Gasteiger partial charge on any atom is 0.309 e. The highest BCUT2D eigenvalue weighted by molar-refractivity contribution is 5.80. The lowest BCUT2D eigenvalue weighted by atomic mass is 9.97. The summed E-state index contributed by atoms with van der Waals surface area (Å²) in [4.78, 5) is 18.5. The van der Waals surface area contributed by atoms with Crippen molar-refractivity contribution in [2.45, 2.75) is 39.8 Å². The average molecular weight is 361 g/mol. The van der Waals surface area contributed by atoms with Gasteiger partial charge < -0.3 is 19.7 Å². The molecule has 1 fully saturated rings. The number of ether oxygens (including phenoxy) is 2. The third-order valence-electron chi connectivity index (χ3n) is 4.64. The Morgan fingerprint density at radius 2 is 1.88 bits per heavy atom. The predicted molar refractivity (Wildman–Crippen MR) is 103 cm³/mol. The molecule has 1 aromatic rings. The van der Waals surface area contributed by atoms with Gasteiger partial charge in [0.05, 0.1) is 19.1 Å². The van der Waals surface area contributed by atoms with Gasteiger partial charge in [0.2, 0.25) is 0 Å². The Labute approximate surface area is 156 Å². The fourth-order valence-corrected chi connectivity index (χ4v) is 3.18. The van der Waals surface area contributed by atoms with E-state index in [1.807, 2.05) is 26.0 Å². The topological polar surface area (TPSA) is 63.2 Å². The van der Waals surface area contributed by atoms with E-state index in [4.69, 9.17) is 9.47 Å². The molecule has 6 nitrogen and oxygen atoms in total. The van der Waals surface area contributed by atoms with Crippen LogP contribution in [0.1, 0.15) is 37.8 Å². The van der Waals surface area contributed by atoms with Crippen molar-refractivity contribution in [2.75, 3.05) is 33.4 Å². The molecule has 1 aromatic carbocycles. The van der Waals surface area contributed by atoms with E-state index in [1.54, 1.807) is 7.05 Å². The van der Waals surface area contributed by atoms with Gasteiger partial charge in [-0.2, -0.15) is 0 Å². The van der Waals surface area contributed by atoms with Crippen molar-refractivity contribution >= 4 is 11.9 Å². The van der Waals surface area contributed by atoms with Crippen molar-refractivity contribution in [2.24, 2.45) is 10.9 Å². The number of aliphatic imine (C=N–C) groups is 1. The van der Waals surface area contributed by atoms with Gasteiger partial charge in [-0.25, -0.2) is 0 Å². The van der Waals surface area contributed by atoms with Gasteiger partial charge in [-0.05, 0) is 37.8 Å². The molecule has 0 aliphatic carbocycles. The van der Waals surface area contributed by atoms with E-state index in [9.17, 15) is 4.79 Å². The van der Waals surface area contributed by atoms with Crippen LogP contribution in [-0.4, -0.2) is 50.2 Å². The zero-order chi connectivity index (χ0) is 18.8. The number of hydrogen-bond acceptors (Lipinski definition) is 4. The summed E-state index contributed by atoms with van der Waals surface area (Å²) in [6, 6.07) is 8.29. The summed E-state index contributed by atoms with van der Waals surface area (Å²) in [6.45, 7) is 7.95. The third-order valence-corrected chi connectivity index (χ3v) is 4.64. The van der Waals surface area contributed by atoms with E-state index in [0.29, 0.717) is 26.4 Å². The molecule has 0 atom stereocenters. The molecule has 0 amide bonds. The zero-order valence-electron chi connectivity index (χ0n) is 16.2. The van der Waals surface area contributed by atoms with Crippen molar-refractivity contribution in [1.29, 1.82) is 0 Å². The molecule has 1 heterocycles. The molecule has 144 valence electrons. The second kappa shape index (κ2) is 10.8. The fraction of sp³-hybridized carbons (Fsp3) is 0.600. The van der Waals surface area contributed by atoms with E-state index >= 15 is 0 Å². The number of hydrogen-bond donors (Lipinski definition) is 1. The number of piperidine rings is 1. The molecule has 1 N–H and O–H groups in total. The summed E-state index contributed by atoms with van der Waals surface area (Å²) in [7, 11) is 1.80. The van der Waals surface area contributed by atoms with Gasteiger partial charge in [-0.3, -0.25) is 9.79 Å². The molecule has 0 bridgehead atoms. The van der Waals surface area contributed by atoms with Crippen LogP contribution in [0.4, 0.5) is 0 Å². The Hall–Kier alpha value is -2.08. The van der Waals surface area contributed by atoms with E-state index < -0.39 is 0 Å². The molecule has 26 heavy (non-hydrogen) atoms. The van der Waals surface area contributed by atoms with Crippen molar-refractivity contribution in [3.05, 3.63) is 35.4 Å². The predicted octanol–water partition coefficient (Wildman–Crippen LogP) is 2.57. The van der Waals surface area contributed by atoms with Crippen LogP contribution in [-0.2, 0) is 27.4 Å². The van der Waals surface area contributed by atoms with Gasteiger partial charge in [0.1, 0.15) is 0 Å². The summed E-state index contributed by atoms with van der Waals surface area (Å²) in [5.74, 6) is 0.815. The van der Waals surface area contributed by atoms with Gasteiger partial charge in [-0.15, -0.1) is 0 Å². The fourth-order valence-electron chi connectivity index (χ4n) is 3.18. The summed E-state index contributed by atoms with van der Waals surface area (Å²) >= 11 is 0. The van der Waals surface area contributed by atoms with Crippen molar-refractivity contribution in [1.82, 2.24) is 10.2 Å². The number of guanidine groups is 1. The maximum atomic E-state index is 11.9. The largest absolute Gasteiger partial charge is 0.466 e. The molecule has 6 heteroatoms. The van der Waals surface area contributed by atoms with Gasteiger partial charge in [-0.1, -0.05) is 24.3 Å². The number of esters is 1. The Morgan fingerprint density at radius 1 is 1.19 bits per heavy atom. The highest BCUT2D eigenvalue weighted by Crippen LogP contribution is 2.19. The van der Waals surface area contributed by atoms with Crippen LogP contribution < -0.4 is 5.32 Å². The molecule has 0 radical (unpaired) electrons. The Kier molecular flexibility index (Phi) is 8.41. The summed E-state index contributed by atoms with van der Waals surface area (Å²) in [5, 5.41) is 3.45. The molecule has 1 saturated heterocycles. The van der Waals surface area contributed by atoms with E-state index in [0.717, 1.165) is 31.9 Å². The van der Waals surface area contributed by atoms with Crippen LogP contribution in [0.5, 0.6) is 0 Å². The first-order chi connectivity index (χ1) is 12.7. The van der Waals surface area contributed by atoms with Gasteiger partial charge >= 0.3 is 5.97 Å². The number of nitrogens with one attached hydrogen (secondary N) is 1. The first-order valence-electron chi connectivity index (χ1n) is 9.46. The lowest BCUT2D eigenvalue weighted by Crippen LogP contribution is -2.46. The van der Waals surface area contributed by atoms with Crippen LogP contribution >= 0.6 is 0 Å². The molecule has 0 saturated carbocycles. The quantitative estimate of drug-likeness (QED) is 0.459. The number of nitrogens with zero attached hydrogens (tertiary/aromatic N) is 2. The van der Waals surface area contributed by atoms with E-state index in [2.05, 4.69) is 27.3 Å². The monoisotopic (exact) mass is 361 g/mol. The second-order valence-electron chi connectivity index (χ2n) is 6.32. The van der Waals surface area contributed by atoms with Gasteiger partial charge in [0.25, 0.3) is 0 Å². The Bertz CT molecular complexity index is 596. The molecule has 1 aliphatic rings. The van der Waals surface area contributed by atoms with Crippen LogP contribution in [0.2, 0.25) is 0 Å². The highest BCUT2D eigenvalue weighted by atomic mass is 16.5. The van der Waals surface area contributed by atoms with Crippen LogP contribution in [0.25, 0.3) is 0 Å². The Morgan fingerprint density at radius 3 is 2.50 bits per heavy atom. The van der Waals surface area contributed by atoms with Crippen LogP contribution in [0.3, 0.4) is 0 Å². The highest BCUT2D eigenvalue weighted by Gasteiger charge is 2.27. The number of likely N-dealkylation sites (tertiary alicyclic amines) is 1. The molecule has 0 spiro atoms. The van der Waals surface area contributed by atoms with Gasteiger partial charge in [0, 0.05) is 33.3 Å². The van der Waals surface area contributed by atoms with Crippen molar-refractivity contribution in [3.63, 3.8) is 0 Å². The van der Waals surface area contributed by atoms with E-state index in [-0.39, 0.29) is 11.9 Å². The molecule has 2 rings (SSSR count). The minimum absolute atomic E-state index is 0.0104. The van der Waals surface area contributed by atoms with Crippen LogP contribution in [0.15, 0.2) is 29.3 Å². The van der Waals surface area contributed by atoms with Crippen molar-refractivity contribution < 1.29 is 14.3 Å². The molecule has 1 aliphatic heterocycles. The number of benzene rings is 1. The van der Waals surface area contributed by atoms with E-state index in [1.165, 1.54) is 11.1 Å². The first-order valence-corrected chi connectivity index (χ1v) is 9.46. The molecular weight excluding hydrogens is 330 g/mol. The number of rotatable bonds is 7. The van der Waals surface area contributed by atoms with Gasteiger partial charge in [0.15, 0.2) is 5.96 Å². The molecule has 0 unspecified atom stereocenters. The SMILES string of the molecule is CCOCc1ccccc1CNC(=NC)N1CCC(C(=O)OCC)CC1. The second-order valence-corrected chi connectivity index (χ2v) is 6.32. The minimum atomic E-state index is -0.0695. The normalized spacial score (nSPS) is 15.8. The maximum absolute atomic E-state index is 11.9. The summed E-state index contributed by atoms with van der Waals surface area (Å²) < 4.78 is 10.7. The summed E-state index contributed by atoms with van der Waals surface area (Å²) in [5.41, 5.74) is 2.40. The molecule has 0 aromatic heterocycles. The smallest absolute Gasteiger partial charge is 0.309 e. The standard InChI is InChI=1S/C20H31N3O3/c1-4-25-15-18-9-7-6-8-17(18)14-22-20(21-3)23-12-10-16(11-13-23)19(24)26-5-2/h6-9,16H,4-5,10-15H2,1-3H3,(H,21,22). The number of carbonyl (C=O) groups is 1. The lowest BCUT2D eigenvalue weighted by molar-refractivity contribution is -0.149. The minimum Gasteiger partial charge on any atom is -0.466 e. The average Bonchev–Trinajstić information content (AvgIpc) is 2.68. The number of carbonyl (C=O) groups excluding carboxylic acids is 1. The first kappa shape index (κ1) is 20.2. The zero-order valence-corrected chi connectivity index (χ0v) is 16.2. The van der Waals surface area contributed by atoms with Crippen molar-refractivity contribution in [3.8, 4) is 0 Å². The summed E-state index contributed by atoms with van der Waals surface area (Å²) in [6.07, 6.45) is 1.61.